The van der Waals surface area contributed by atoms with Crippen molar-refractivity contribution < 1.29 is 0 Å². The maximum absolute atomic E-state index is 2.63. The molecule has 1 aromatic carbocycles. The largest absolute Gasteiger partial charge is 0.331 e. The molecular weight excluding hydrogens is 298 g/mol. The Kier molecular flexibility index (Phi) is 4.83. The number of aryl methyl sites for hydroxylation is 1. The molecule has 0 amide bonds. The average molecular weight is 330 g/mol. The maximum Gasteiger partial charge on any atom is 0.0888 e. The van der Waals surface area contributed by atoms with Crippen molar-refractivity contribution >= 4 is 17.4 Å². The Morgan fingerprint density at radius 2 is 1.65 bits per heavy atom. The van der Waals surface area contributed by atoms with Gasteiger partial charge in [-0.2, -0.15) is 0 Å². The predicted octanol–water partition coefficient (Wildman–Crippen LogP) is 6.73. The van der Waals surface area contributed by atoms with Gasteiger partial charge in [0.05, 0.1) is 5.37 Å². The minimum Gasteiger partial charge on any atom is -0.331 e. The molecule has 0 spiro atoms. The molecule has 1 aromatic rings. The molecule has 2 aliphatic rings. The minimum absolute atomic E-state index is 0.255. The normalized spacial score (nSPS) is 23.7. The Morgan fingerprint density at radius 3 is 2.26 bits per heavy atom. The first-order valence-electron chi connectivity index (χ1n) is 9.12. The molecule has 1 atom stereocenters. The fourth-order valence-corrected chi connectivity index (χ4v) is 5.68. The summed E-state index contributed by atoms with van der Waals surface area (Å²) in [6, 6.07) is 8.86. The average Bonchev–Trinajstić information content (AvgIpc) is 2.86. The van der Waals surface area contributed by atoms with Crippen LogP contribution in [0.1, 0.15) is 65.4 Å². The van der Waals surface area contributed by atoms with E-state index in [4.69, 9.17) is 0 Å². The van der Waals surface area contributed by atoms with E-state index in [1.165, 1.54) is 49.1 Å². The molecule has 1 saturated carbocycles. The number of allylic oxidation sites excluding steroid dienone is 2. The molecule has 2 heteroatoms. The molecule has 3 rings (SSSR count). The van der Waals surface area contributed by atoms with E-state index in [0.29, 0.717) is 5.37 Å². The molecule has 1 heterocycles. The van der Waals surface area contributed by atoms with Crippen LogP contribution in [0, 0.1) is 18.3 Å². The van der Waals surface area contributed by atoms with Crippen molar-refractivity contribution in [3.8, 4) is 0 Å². The first-order chi connectivity index (χ1) is 10.9. The lowest BCUT2D eigenvalue weighted by molar-refractivity contribution is 0.395. The number of para-hydroxylation sites is 1. The fourth-order valence-electron chi connectivity index (χ4n) is 4.01. The molecule has 1 nitrogen and oxygen atoms in total. The summed E-state index contributed by atoms with van der Waals surface area (Å²) in [6.45, 7) is 11.7. The molecule has 0 aromatic heterocycles. The second kappa shape index (κ2) is 6.55. The van der Waals surface area contributed by atoms with Gasteiger partial charge < -0.3 is 4.90 Å². The van der Waals surface area contributed by atoms with Gasteiger partial charge in [-0.15, -0.1) is 11.8 Å². The van der Waals surface area contributed by atoms with E-state index in [2.05, 4.69) is 75.5 Å². The maximum atomic E-state index is 2.63. The summed E-state index contributed by atoms with van der Waals surface area (Å²) in [6.07, 6.45) is 7.02. The van der Waals surface area contributed by atoms with Crippen LogP contribution in [0.25, 0.3) is 0 Å². The third-order valence-electron chi connectivity index (χ3n) is 5.28. The molecular formula is C21H31NS. The van der Waals surface area contributed by atoms with Gasteiger partial charge >= 0.3 is 0 Å². The van der Waals surface area contributed by atoms with Crippen LogP contribution < -0.4 is 4.90 Å². The van der Waals surface area contributed by atoms with Crippen molar-refractivity contribution in [1.29, 1.82) is 0 Å². The zero-order valence-corrected chi connectivity index (χ0v) is 16.2. The number of hydrogen-bond acceptors (Lipinski definition) is 2. The second-order valence-corrected chi connectivity index (χ2v) is 9.40. The van der Waals surface area contributed by atoms with Crippen molar-refractivity contribution in [3.05, 3.63) is 40.4 Å². The molecule has 0 saturated heterocycles. The molecule has 0 N–H and O–H groups in total. The summed E-state index contributed by atoms with van der Waals surface area (Å²) in [7, 11) is 0. The standard InChI is InChI=1S/C21H31NS/c1-15-11-9-10-14-18(15)22-16(2)19(17-12-7-6-8-13-17)23-20(22)21(3,4)5/h9-11,14,17,20H,6-8,12-13H2,1-5H3. The van der Waals surface area contributed by atoms with E-state index in [1.807, 2.05) is 0 Å². The van der Waals surface area contributed by atoms with E-state index in [0.717, 1.165) is 5.92 Å². The molecule has 1 aliphatic heterocycles. The predicted molar refractivity (Wildman–Crippen MR) is 104 cm³/mol. The molecule has 23 heavy (non-hydrogen) atoms. The molecule has 126 valence electrons. The van der Waals surface area contributed by atoms with Gasteiger partial charge in [0.1, 0.15) is 0 Å². The first kappa shape index (κ1) is 17.0. The van der Waals surface area contributed by atoms with Crippen molar-refractivity contribution in [2.24, 2.45) is 11.3 Å². The van der Waals surface area contributed by atoms with Crippen molar-refractivity contribution in [3.63, 3.8) is 0 Å². The SMILES string of the molecule is CC1=C(C2CCCCC2)SC(C(C)(C)C)N1c1ccccc1C. The minimum atomic E-state index is 0.255. The van der Waals surface area contributed by atoms with Crippen LogP contribution in [0.5, 0.6) is 0 Å². The number of anilines is 1. The molecule has 1 unspecified atom stereocenters. The van der Waals surface area contributed by atoms with Crippen LogP contribution in [0.3, 0.4) is 0 Å². The Morgan fingerprint density at radius 1 is 1.00 bits per heavy atom. The molecule has 1 fully saturated rings. The molecule has 1 aliphatic carbocycles. The first-order valence-corrected chi connectivity index (χ1v) is 10.00. The summed E-state index contributed by atoms with van der Waals surface area (Å²) in [4.78, 5) is 4.30. The summed E-state index contributed by atoms with van der Waals surface area (Å²) < 4.78 is 0. The third kappa shape index (κ3) is 3.33. The van der Waals surface area contributed by atoms with Crippen molar-refractivity contribution in [2.75, 3.05) is 4.90 Å². The highest BCUT2D eigenvalue weighted by molar-refractivity contribution is 8.04. The highest BCUT2D eigenvalue weighted by Gasteiger charge is 2.41. The summed E-state index contributed by atoms with van der Waals surface area (Å²) in [5, 5.41) is 0.500. The number of rotatable bonds is 2. The van der Waals surface area contributed by atoms with Gasteiger partial charge in [0.15, 0.2) is 0 Å². The zero-order valence-electron chi connectivity index (χ0n) is 15.4. The lowest BCUT2D eigenvalue weighted by Gasteiger charge is -2.37. The van der Waals surface area contributed by atoms with Gasteiger partial charge in [-0.3, -0.25) is 0 Å². The third-order valence-corrected chi connectivity index (χ3v) is 7.31. The Labute approximate surface area is 146 Å². The van der Waals surface area contributed by atoms with Crippen LogP contribution in [-0.2, 0) is 0 Å². The molecule has 0 radical (unpaired) electrons. The van der Waals surface area contributed by atoms with Crippen LogP contribution in [-0.4, -0.2) is 5.37 Å². The monoisotopic (exact) mass is 329 g/mol. The van der Waals surface area contributed by atoms with Crippen LogP contribution in [0.4, 0.5) is 5.69 Å². The van der Waals surface area contributed by atoms with Gasteiger partial charge in [0, 0.05) is 16.3 Å². The van der Waals surface area contributed by atoms with E-state index in [9.17, 15) is 0 Å². The number of nitrogens with zero attached hydrogens (tertiary/aromatic N) is 1. The van der Waals surface area contributed by atoms with Gasteiger partial charge in [-0.1, -0.05) is 58.2 Å². The fraction of sp³-hybridized carbons (Fsp3) is 0.619. The van der Waals surface area contributed by atoms with Crippen LogP contribution in [0.15, 0.2) is 34.9 Å². The van der Waals surface area contributed by atoms with E-state index in [1.54, 1.807) is 4.91 Å². The lowest BCUT2D eigenvalue weighted by atomic mass is 9.88. The highest BCUT2D eigenvalue weighted by Crippen LogP contribution is 2.52. The topological polar surface area (TPSA) is 3.24 Å². The smallest absolute Gasteiger partial charge is 0.0888 e. The van der Waals surface area contributed by atoms with Crippen molar-refractivity contribution in [1.82, 2.24) is 0 Å². The van der Waals surface area contributed by atoms with Gasteiger partial charge in [-0.05, 0) is 49.7 Å². The zero-order chi connectivity index (χ0) is 16.6. The van der Waals surface area contributed by atoms with Crippen LogP contribution >= 0.6 is 11.8 Å². The van der Waals surface area contributed by atoms with Gasteiger partial charge in [0.2, 0.25) is 0 Å². The number of thioether (sulfide) groups is 1. The number of benzene rings is 1. The van der Waals surface area contributed by atoms with Gasteiger partial charge in [0.25, 0.3) is 0 Å². The lowest BCUT2D eigenvalue weighted by Crippen LogP contribution is -2.38. The van der Waals surface area contributed by atoms with Gasteiger partial charge in [-0.25, -0.2) is 0 Å². The highest BCUT2D eigenvalue weighted by atomic mass is 32.2. The quantitative estimate of drug-likeness (QED) is 0.591. The summed E-state index contributed by atoms with van der Waals surface area (Å²) >= 11 is 2.15. The Hall–Kier alpha value is -0.890. The van der Waals surface area contributed by atoms with Crippen LogP contribution in [0.2, 0.25) is 0 Å². The van der Waals surface area contributed by atoms with E-state index >= 15 is 0 Å². The second-order valence-electron chi connectivity index (χ2n) is 8.28. The Balaban J connectivity index is 2.01. The summed E-state index contributed by atoms with van der Waals surface area (Å²) in [5.74, 6) is 0.799. The summed E-state index contributed by atoms with van der Waals surface area (Å²) in [5.41, 5.74) is 4.54. The van der Waals surface area contributed by atoms with E-state index in [-0.39, 0.29) is 5.41 Å². The van der Waals surface area contributed by atoms with Crippen molar-refractivity contribution in [2.45, 2.75) is 72.1 Å². The number of hydrogen-bond donors (Lipinski definition) is 0. The van der Waals surface area contributed by atoms with E-state index < -0.39 is 0 Å². The Bertz CT molecular complexity index is 590. The molecule has 0 bridgehead atoms.